The first kappa shape index (κ1) is 13.7. The highest BCUT2D eigenvalue weighted by Gasteiger charge is 2.15. The maximum Gasteiger partial charge on any atom is 0.255 e. The van der Waals surface area contributed by atoms with Gasteiger partial charge < -0.3 is 10.6 Å². The van der Waals surface area contributed by atoms with Gasteiger partial charge in [-0.05, 0) is 11.6 Å². The number of nitrogens with two attached hydrogens (primary N) is 1. The standard InChI is InChI=1S/C14H17N3OS/c1-17(7-8-19-2)14(18)12-9-16-13(15)11-6-4-3-5-10(11)12/h3-6,9H,7-8H2,1-2H3,(H2,15,16). The normalized spacial score (nSPS) is 10.6. The van der Waals surface area contributed by atoms with E-state index >= 15 is 0 Å². The number of benzene rings is 1. The van der Waals surface area contributed by atoms with Crippen molar-refractivity contribution in [3.63, 3.8) is 0 Å². The number of hydrogen-bond acceptors (Lipinski definition) is 4. The molecule has 1 aromatic carbocycles. The zero-order valence-corrected chi connectivity index (χ0v) is 11.9. The van der Waals surface area contributed by atoms with E-state index in [1.807, 2.05) is 37.6 Å². The van der Waals surface area contributed by atoms with E-state index < -0.39 is 0 Å². The molecule has 4 nitrogen and oxygen atoms in total. The molecule has 0 fully saturated rings. The Balaban J connectivity index is 2.40. The van der Waals surface area contributed by atoms with Crippen LogP contribution in [0, 0.1) is 0 Å². The Kier molecular flexibility index (Phi) is 4.27. The number of carbonyl (C=O) groups is 1. The van der Waals surface area contributed by atoms with E-state index in [-0.39, 0.29) is 5.91 Å². The monoisotopic (exact) mass is 275 g/mol. The third-order valence-electron chi connectivity index (χ3n) is 3.03. The number of nitrogen functional groups attached to an aromatic ring is 1. The minimum Gasteiger partial charge on any atom is -0.383 e. The molecule has 0 unspecified atom stereocenters. The van der Waals surface area contributed by atoms with Crippen LogP contribution >= 0.6 is 11.8 Å². The molecule has 0 spiro atoms. The van der Waals surface area contributed by atoms with Crippen LogP contribution in [-0.2, 0) is 0 Å². The van der Waals surface area contributed by atoms with Crippen molar-refractivity contribution >= 4 is 34.3 Å². The van der Waals surface area contributed by atoms with Gasteiger partial charge in [-0.3, -0.25) is 4.79 Å². The van der Waals surface area contributed by atoms with E-state index in [1.54, 1.807) is 22.9 Å². The van der Waals surface area contributed by atoms with Gasteiger partial charge in [0.05, 0.1) is 5.56 Å². The molecule has 2 N–H and O–H groups in total. The van der Waals surface area contributed by atoms with Gasteiger partial charge in [0.2, 0.25) is 0 Å². The summed E-state index contributed by atoms with van der Waals surface area (Å²) >= 11 is 1.72. The zero-order chi connectivity index (χ0) is 13.8. The first-order valence-electron chi connectivity index (χ1n) is 6.02. The molecular weight excluding hydrogens is 258 g/mol. The van der Waals surface area contributed by atoms with Crippen molar-refractivity contribution in [2.75, 3.05) is 31.3 Å². The van der Waals surface area contributed by atoms with Gasteiger partial charge in [-0.15, -0.1) is 0 Å². The molecular formula is C14H17N3OS. The number of fused-ring (bicyclic) bond motifs is 1. The molecule has 2 aromatic rings. The molecule has 0 aliphatic carbocycles. The van der Waals surface area contributed by atoms with Crippen molar-refractivity contribution in [2.24, 2.45) is 0 Å². The number of rotatable bonds is 4. The Morgan fingerprint density at radius 2 is 2.05 bits per heavy atom. The molecule has 0 bridgehead atoms. The van der Waals surface area contributed by atoms with Gasteiger partial charge in [0, 0.05) is 30.9 Å². The molecule has 1 heterocycles. The summed E-state index contributed by atoms with van der Waals surface area (Å²) in [5.74, 6) is 1.36. The Morgan fingerprint density at radius 3 is 2.74 bits per heavy atom. The fourth-order valence-corrected chi connectivity index (χ4v) is 2.38. The van der Waals surface area contributed by atoms with Crippen LogP contribution < -0.4 is 5.73 Å². The topological polar surface area (TPSA) is 59.2 Å². The molecule has 19 heavy (non-hydrogen) atoms. The second kappa shape index (κ2) is 5.93. The predicted octanol–water partition coefficient (Wildman–Crippen LogP) is 2.25. The molecule has 0 saturated carbocycles. The van der Waals surface area contributed by atoms with Crippen LogP contribution in [0.1, 0.15) is 10.4 Å². The van der Waals surface area contributed by atoms with Crippen LogP contribution in [0.3, 0.4) is 0 Å². The molecule has 1 aromatic heterocycles. The summed E-state index contributed by atoms with van der Waals surface area (Å²) in [6.45, 7) is 0.721. The fourth-order valence-electron chi connectivity index (χ4n) is 1.92. The van der Waals surface area contributed by atoms with E-state index in [0.717, 1.165) is 23.1 Å². The Hall–Kier alpha value is -1.75. The maximum absolute atomic E-state index is 12.4. The molecule has 0 aliphatic rings. The van der Waals surface area contributed by atoms with Crippen molar-refractivity contribution in [1.82, 2.24) is 9.88 Å². The van der Waals surface area contributed by atoms with Crippen LogP contribution in [-0.4, -0.2) is 41.4 Å². The fraction of sp³-hybridized carbons (Fsp3) is 0.286. The number of pyridine rings is 1. The number of anilines is 1. The van der Waals surface area contributed by atoms with E-state index in [1.165, 1.54) is 0 Å². The lowest BCUT2D eigenvalue weighted by molar-refractivity contribution is 0.0805. The Bertz CT molecular complexity index is 600. The van der Waals surface area contributed by atoms with Crippen LogP contribution in [0.25, 0.3) is 10.8 Å². The predicted molar refractivity (Wildman–Crippen MR) is 81.5 cm³/mol. The zero-order valence-electron chi connectivity index (χ0n) is 11.1. The third kappa shape index (κ3) is 2.81. The van der Waals surface area contributed by atoms with Crippen molar-refractivity contribution < 1.29 is 4.79 Å². The highest BCUT2D eigenvalue weighted by molar-refractivity contribution is 7.98. The summed E-state index contributed by atoms with van der Waals surface area (Å²) in [4.78, 5) is 18.2. The van der Waals surface area contributed by atoms with Gasteiger partial charge in [0.1, 0.15) is 5.82 Å². The SMILES string of the molecule is CSCCN(C)C(=O)c1cnc(N)c2ccccc12. The van der Waals surface area contributed by atoms with Crippen LogP contribution in [0.2, 0.25) is 0 Å². The molecule has 0 saturated heterocycles. The lowest BCUT2D eigenvalue weighted by Crippen LogP contribution is -2.29. The van der Waals surface area contributed by atoms with Crippen LogP contribution in [0.4, 0.5) is 5.82 Å². The van der Waals surface area contributed by atoms with E-state index in [0.29, 0.717) is 11.4 Å². The van der Waals surface area contributed by atoms with Gasteiger partial charge in [-0.1, -0.05) is 24.3 Å². The summed E-state index contributed by atoms with van der Waals surface area (Å²) in [5, 5.41) is 1.68. The van der Waals surface area contributed by atoms with E-state index in [9.17, 15) is 4.79 Å². The third-order valence-corrected chi connectivity index (χ3v) is 3.62. The number of hydrogen-bond donors (Lipinski definition) is 1. The van der Waals surface area contributed by atoms with Crippen molar-refractivity contribution in [3.05, 3.63) is 36.0 Å². The van der Waals surface area contributed by atoms with Gasteiger partial charge in [0.25, 0.3) is 5.91 Å². The minimum absolute atomic E-state index is 0.0160. The maximum atomic E-state index is 12.4. The molecule has 0 aliphatic heterocycles. The second-order valence-corrected chi connectivity index (χ2v) is 5.31. The summed E-state index contributed by atoms with van der Waals surface area (Å²) in [6.07, 6.45) is 3.59. The summed E-state index contributed by atoms with van der Waals surface area (Å²) in [7, 11) is 1.81. The summed E-state index contributed by atoms with van der Waals surface area (Å²) in [5.41, 5.74) is 6.45. The Morgan fingerprint density at radius 1 is 1.37 bits per heavy atom. The minimum atomic E-state index is -0.0160. The molecule has 1 amide bonds. The molecule has 100 valence electrons. The number of amides is 1. The Labute approximate surface area is 117 Å². The van der Waals surface area contributed by atoms with Gasteiger partial charge in [-0.2, -0.15) is 11.8 Å². The lowest BCUT2D eigenvalue weighted by atomic mass is 10.1. The number of aromatic nitrogens is 1. The first-order chi connectivity index (χ1) is 9.15. The van der Waals surface area contributed by atoms with E-state index in [4.69, 9.17) is 5.73 Å². The molecule has 0 radical (unpaired) electrons. The second-order valence-electron chi connectivity index (χ2n) is 4.32. The largest absolute Gasteiger partial charge is 0.383 e. The van der Waals surface area contributed by atoms with Crippen molar-refractivity contribution in [3.8, 4) is 0 Å². The summed E-state index contributed by atoms with van der Waals surface area (Å²) in [6, 6.07) is 7.59. The van der Waals surface area contributed by atoms with Crippen LogP contribution in [0.15, 0.2) is 30.5 Å². The van der Waals surface area contributed by atoms with Crippen LogP contribution in [0.5, 0.6) is 0 Å². The summed E-state index contributed by atoms with van der Waals surface area (Å²) < 4.78 is 0. The highest BCUT2D eigenvalue weighted by Crippen LogP contribution is 2.23. The van der Waals surface area contributed by atoms with Gasteiger partial charge in [-0.25, -0.2) is 4.98 Å². The quantitative estimate of drug-likeness (QED) is 0.929. The van der Waals surface area contributed by atoms with Gasteiger partial charge in [0.15, 0.2) is 0 Å². The van der Waals surface area contributed by atoms with Crippen molar-refractivity contribution in [1.29, 1.82) is 0 Å². The molecule has 0 atom stereocenters. The first-order valence-corrected chi connectivity index (χ1v) is 7.42. The average molecular weight is 275 g/mol. The smallest absolute Gasteiger partial charge is 0.255 e. The average Bonchev–Trinajstić information content (AvgIpc) is 2.45. The lowest BCUT2D eigenvalue weighted by Gasteiger charge is -2.17. The van der Waals surface area contributed by atoms with Crippen molar-refractivity contribution in [2.45, 2.75) is 0 Å². The van der Waals surface area contributed by atoms with E-state index in [2.05, 4.69) is 4.98 Å². The highest BCUT2D eigenvalue weighted by atomic mass is 32.2. The molecule has 2 rings (SSSR count). The molecule has 5 heteroatoms. The van der Waals surface area contributed by atoms with Gasteiger partial charge >= 0.3 is 0 Å². The number of thioether (sulfide) groups is 1. The number of nitrogens with zero attached hydrogens (tertiary/aromatic N) is 2. The number of carbonyl (C=O) groups excluding carboxylic acids is 1.